The van der Waals surface area contributed by atoms with Crippen LogP contribution in [0.15, 0.2) is 22.7 Å². The summed E-state index contributed by atoms with van der Waals surface area (Å²) in [5.74, 6) is -1.51. The number of aromatic nitrogens is 2. The number of rotatable bonds is 3. The van der Waals surface area contributed by atoms with Crippen molar-refractivity contribution in [3.63, 3.8) is 0 Å². The van der Waals surface area contributed by atoms with Gasteiger partial charge in [-0.05, 0) is 41.9 Å². The van der Waals surface area contributed by atoms with Gasteiger partial charge in [0.1, 0.15) is 17.7 Å². The standard InChI is InChI=1S/C13H13BrF2N2O/c1-7-13(14)8(2)18(17-7)6-11(19)12-9(15)4-3-5-10(12)16/h3-5,11,19H,6H2,1-2H3. The Labute approximate surface area is 118 Å². The monoisotopic (exact) mass is 330 g/mol. The molecule has 0 spiro atoms. The van der Waals surface area contributed by atoms with Gasteiger partial charge in [-0.15, -0.1) is 0 Å². The lowest BCUT2D eigenvalue weighted by molar-refractivity contribution is 0.141. The summed E-state index contributed by atoms with van der Waals surface area (Å²) in [5, 5.41) is 14.2. The SMILES string of the molecule is Cc1nn(CC(O)c2c(F)cccc2F)c(C)c1Br. The molecule has 6 heteroatoms. The smallest absolute Gasteiger partial charge is 0.132 e. The normalized spacial score (nSPS) is 12.7. The molecule has 0 saturated heterocycles. The van der Waals surface area contributed by atoms with Crippen molar-refractivity contribution < 1.29 is 13.9 Å². The third-order valence-corrected chi connectivity index (χ3v) is 4.12. The van der Waals surface area contributed by atoms with E-state index in [1.807, 2.05) is 13.8 Å². The summed E-state index contributed by atoms with van der Waals surface area (Å²) in [6, 6.07) is 3.51. The van der Waals surface area contributed by atoms with Crippen LogP contribution in [0.4, 0.5) is 8.78 Å². The predicted octanol–water partition coefficient (Wildman–Crippen LogP) is 3.27. The zero-order valence-electron chi connectivity index (χ0n) is 10.5. The Kier molecular flexibility index (Phi) is 4.01. The van der Waals surface area contributed by atoms with Crippen molar-refractivity contribution in [1.82, 2.24) is 9.78 Å². The first-order chi connectivity index (χ1) is 8.91. The molecular weight excluding hydrogens is 318 g/mol. The van der Waals surface area contributed by atoms with Crippen LogP contribution in [-0.2, 0) is 6.54 Å². The van der Waals surface area contributed by atoms with E-state index in [9.17, 15) is 13.9 Å². The van der Waals surface area contributed by atoms with E-state index in [0.29, 0.717) is 0 Å². The first-order valence-corrected chi connectivity index (χ1v) is 6.52. The lowest BCUT2D eigenvalue weighted by atomic mass is 10.1. The molecule has 1 heterocycles. The third kappa shape index (κ3) is 2.69. The van der Waals surface area contributed by atoms with E-state index in [-0.39, 0.29) is 12.1 Å². The van der Waals surface area contributed by atoms with E-state index in [1.165, 1.54) is 10.7 Å². The van der Waals surface area contributed by atoms with Crippen LogP contribution < -0.4 is 0 Å². The first-order valence-electron chi connectivity index (χ1n) is 5.73. The second kappa shape index (κ2) is 5.38. The van der Waals surface area contributed by atoms with Crippen LogP contribution in [0, 0.1) is 25.5 Å². The molecule has 0 bridgehead atoms. The molecule has 0 aliphatic carbocycles. The number of halogens is 3. The number of nitrogens with zero attached hydrogens (tertiary/aromatic N) is 2. The van der Waals surface area contributed by atoms with Crippen molar-refractivity contribution in [3.05, 3.63) is 51.3 Å². The van der Waals surface area contributed by atoms with Crippen LogP contribution in [0.5, 0.6) is 0 Å². The van der Waals surface area contributed by atoms with Crippen molar-refractivity contribution in [1.29, 1.82) is 0 Å². The Bertz CT molecular complexity index is 593. The van der Waals surface area contributed by atoms with Gasteiger partial charge in [0.15, 0.2) is 0 Å². The molecule has 1 aromatic heterocycles. The number of aliphatic hydroxyl groups excluding tert-OH is 1. The van der Waals surface area contributed by atoms with E-state index in [2.05, 4.69) is 21.0 Å². The molecule has 0 aliphatic heterocycles. The molecule has 102 valence electrons. The minimum absolute atomic E-state index is 0.00384. The molecule has 2 rings (SSSR count). The molecule has 0 saturated carbocycles. The minimum atomic E-state index is -1.29. The van der Waals surface area contributed by atoms with Crippen molar-refractivity contribution in [3.8, 4) is 0 Å². The zero-order chi connectivity index (χ0) is 14.2. The maximum atomic E-state index is 13.5. The minimum Gasteiger partial charge on any atom is -0.386 e. The van der Waals surface area contributed by atoms with Gasteiger partial charge < -0.3 is 5.11 Å². The molecule has 1 aromatic carbocycles. The fourth-order valence-electron chi connectivity index (χ4n) is 1.94. The molecule has 2 aromatic rings. The van der Waals surface area contributed by atoms with Gasteiger partial charge in [0.25, 0.3) is 0 Å². The molecule has 0 radical (unpaired) electrons. The Morgan fingerprint density at radius 2 is 1.89 bits per heavy atom. The van der Waals surface area contributed by atoms with E-state index in [0.717, 1.165) is 28.0 Å². The number of benzene rings is 1. The first kappa shape index (κ1) is 14.1. The second-order valence-electron chi connectivity index (χ2n) is 4.32. The van der Waals surface area contributed by atoms with E-state index < -0.39 is 17.7 Å². The molecule has 0 amide bonds. The maximum Gasteiger partial charge on any atom is 0.132 e. The summed E-state index contributed by atoms with van der Waals surface area (Å²) >= 11 is 3.36. The predicted molar refractivity (Wildman–Crippen MR) is 70.7 cm³/mol. The molecule has 0 fully saturated rings. The maximum absolute atomic E-state index is 13.5. The van der Waals surface area contributed by atoms with Crippen LogP contribution >= 0.6 is 15.9 Å². The van der Waals surface area contributed by atoms with Crippen LogP contribution in [0.2, 0.25) is 0 Å². The average Bonchev–Trinajstić information content (AvgIpc) is 2.57. The van der Waals surface area contributed by atoms with E-state index >= 15 is 0 Å². The second-order valence-corrected chi connectivity index (χ2v) is 5.11. The molecule has 0 aliphatic rings. The van der Waals surface area contributed by atoms with Gasteiger partial charge in [-0.3, -0.25) is 4.68 Å². The Morgan fingerprint density at radius 1 is 1.32 bits per heavy atom. The number of hydrogen-bond donors (Lipinski definition) is 1. The molecular formula is C13H13BrF2N2O. The van der Waals surface area contributed by atoms with Gasteiger partial charge in [-0.25, -0.2) is 8.78 Å². The molecule has 19 heavy (non-hydrogen) atoms. The molecule has 1 unspecified atom stereocenters. The van der Waals surface area contributed by atoms with Crippen LogP contribution in [0.3, 0.4) is 0 Å². The van der Waals surface area contributed by atoms with Crippen LogP contribution in [0.25, 0.3) is 0 Å². The van der Waals surface area contributed by atoms with Crippen molar-refractivity contribution >= 4 is 15.9 Å². The van der Waals surface area contributed by atoms with Gasteiger partial charge in [-0.2, -0.15) is 5.10 Å². The highest BCUT2D eigenvalue weighted by atomic mass is 79.9. The lowest BCUT2D eigenvalue weighted by Crippen LogP contribution is -2.14. The van der Waals surface area contributed by atoms with E-state index in [1.54, 1.807) is 0 Å². The van der Waals surface area contributed by atoms with Crippen molar-refractivity contribution in [2.24, 2.45) is 0 Å². The topological polar surface area (TPSA) is 38.0 Å². The Morgan fingerprint density at radius 3 is 2.37 bits per heavy atom. The summed E-state index contributed by atoms with van der Waals surface area (Å²) in [5.41, 5.74) is 1.23. The fourth-order valence-corrected chi connectivity index (χ4v) is 2.22. The van der Waals surface area contributed by atoms with Gasteiger partial charge >= 0.3 is 0 Å². The quantitative estimate of drug-likeness (QED) is 0.937. The molecule has 1 N–H and O–H groups in total. The number of aliphatic hydroxyl groups is 1. The Balaban J connectivity index is 2.31. The molecule has 1 atom stereocenters. The highest BCUT2D eigenvalue weighted by Crippen LogP contribution is 2.25. The summed E-state index contributed by atoms with van der Waals surface area (Å²) in [7, 11) is 0. The summed E-state index contributed by atoms with van der Waals surface area (Å²) in [6.07, 6.45) is -1.29. The lowest BCUT2D eigenvalue weighted by Gasteiger charge is -2.14. The highest BCUT2D eigenvalue weighted by Gasteiger charge is 2.20. The summed E-state index contributed by atoms with van der Waals surface area (Å²) in [6.45, 7) is 3.62. The van der Waals surface area contributed by atoms with Crippen molar-refractivity contribution in [2.45, 2.75) is 26.5 Å². The van der Waals surface area contributed by atoms with Gasteiger partial charge in [0, 0.05) is 5.69 Å². The van der Waals surface area contributed by atoms with Gasteiger partial charge in [0.2, 0.25) is 0 Å². The molecule has 3 nitrogen and oxygen atoms in total. The van der Waals surface area contributed by atoms with E-state index in [4.69, 9.17) is 0 Å². The van der Waals surface area contributed by atoms with Crippen molar-refractivity contribution in [2.75, 3.05) is 0 Å². The average molecular weight is 331 g/mol. The number of hydrogen-bond acceptors (Lipinski definition) is 2. The fraction of sp³-hybridized carbons (Fsp3) is 0.308. The van der Waals surface area contributed by atoms with Crippen LogP contribution in [-0.4, -0.2) is 14.9 Å². The van der Waals surface area contributed by atoms with Gasteiger partial charge in [0.05, 0.1) is 22.3 Å². The Hall–Kier alpha value is -1.27. The zero-order valence-corrected chi connectivity index (χ0v) is 12.1. The summed E-state index contributed by atoms with van der Waals surface area (Å²) in [4.78, 5) is 0. The van der Waals surface area contributed by atoms with Gasteiger partial charge in [-0.1, -0.05) is 6.07 Å². The largest absolute Gasteiger partial charge is 0.386 e. The highest BCUT2D eigenvalue weighted by molar-refractivity contribution is 9.10. The number of aryl methyl sites for hydroxylation is 1. The third-order valence-electron chi connectivity index (χ3n) is 2.97. The van der Waals surface area contributed by atoms with Crippen LogP contribution in [0.1, 0.15) is 23.1 Å². The summed E-state index contributed by atoms with van der Waals surface area (Å²) < 4.78 is 29.5.